The molecule has 4 aromatic rings. The van der Waals surface area contributed by atoms with Gasteiger partial charge < -0.3 is 20.1 Å². The molecule has 0 bridgehead atoms. The summed E-state index contributed by atoms with van der Waals surface area (Å²) in [5, 5.41) is 6.94. The third-order valence-corrected chi connectivity index (χ3v) is 7.05. The van der Waals surface area contributed by atoms with Gasteiger partial charge >= 0.3 is 12.1 Å². The normalized spacial score (nSPS) is 13.0. The summed E-state index contributed by atoms with van der Waals surface area (Å²) in [6, 6.07) is 32.7. The van der Waals surface area contributed by atoms with Crippen molar-refractivity contribution in [3.63, 3.8) is 0 Å². The van der Waals surface area contributed by atoms with Crippen LogP contribution in [0.1, 0.15) is 22.7 Å². The first-order valence-electron chi connectivity index (χ1n) is 12.3. The lowest BCUT2D eigenvalue weighted by atomic mass is 9.79. The minimum atomic E-state index is -1.60. The van der Waals surface area contributed by atoms with E-state index >= 15 is 0 Å². The standard InChI is InChI=1S/C31H28BrClN2O4/c1-38-29(36)31(20-22-8-4-2-5-9-22,35-30(37)39-21-23-10-6-3-7-11-23)28(24-12-14-25(32)15-13-24)34-27-18-16-26(33)17-19-27/h2-19,28,34H,20-21H2,1H3,(H,35,37). The number of carbonyl (C=O) groups excluding carboxylic acids is 2. The van der Waals surface area contributed by atoms with Crippen LogP contribution in [0.3, 0.4) is 0 Å². The van der Waals surface area contributed by atoms with Gasteiger partial charge in [-0.3, -0.25) is 0 Å². The number of methoxy groups -OCH3 is 1. The van der Waals surface area contributed by atoms with Crippen LogP contribution in [0.25, 0.3) is 0 Å². The lowest BCUT2D eigenvalue weighted by molar-refractivity contribution is -0.149. The molecule has 0 fully saturated rings. The number of rotatable bonds is 10. The average molecular weight is 608 g/mol. The summed E-state index contributed by atoms with van der Waals surface area (Å²) in [5.74, 6) is -0.627. The Morgan fingerprint density at radius 3 is 2.03 bits per heavy atom. The van der Waals surface area contributed by atoms with Crippen molar-refractivity contribution in [2.45, 2.75) is 24.6 Å². The summed E-state index contributed by atoms with van der Waals surface area (Å²) in [6.07, 6.45) is -0.623. The topological polar surface area (TPSA) is 76.7 Å². The molecule has 8 heteroatoms. The third kappa shape index (κ3) is 7.40. The number of ether oxygens (including phenoxy) is 2. The zero-order valence-corrected chi connectivity index (χ0v) is 23.6. The molecule has 1 amide bonds. The molecule has 0 spiro atoms. The number of amides is 1. The minimum absolute atomic E-state index is 0.0445. The Morgan fingerprint density at radius 2 is 1.44 bits per heavy atom. The van der Waals surface area contributed by atoms with Gasteiger partial charge in [-0.2, -0.15) is 0 Å². The molecule has 39 heavy (non-hydrogen) atoms. The van der Waals surface area contributed by atoms with Crippen molar-refractivity contribution in [2.75, 3.05) is 12.4 Å². The van der Waals surface area contributed by atoms with Crippen molar-refractivity contribution >= 4 is 45.3 Å². The van der Waals surface area contributed by atoms with Gasteiger partial charge in [-0.05, 0) is 53.1 Å². The Kier molecular flexibility index (Phi) is 9.63. The summed E-state index contributed by atoms with van der Waals surface area (Å²) in [4.78, 5) is 27.1. The summed E-state index contributed by atoms with van der Waals surface area (Å²) in [5.41, 5.74) is 1.50. The van der Waals surface area contributed by atoms with Crippen molar-refractivity contribution in [3.05, 3.63) is 135 Å². The van der Waals surface area contributed by atoms with Gasteiger partial charge in [0.05, 0.1) is 13.2 Å². The molecule has 2 atom stereocenters. The second kappa shape index (κ2) is 13.3. The smallest absolute Gasteiger partial charge is 0.408 e. The predicted molar refractivity (Wildman–Crippen MR) is 157 cm³/mol. The molecule has 0 radical (unpaired) electrons. The number of esters is 1. The molecule has 4 rings (SSSR count). The van der Waals surface area contributed by atoms with Gasteiger partial charge in [-0.25, -0.2) is 9.59 Å². The highest BCUT2D eigenvalue weighted by Gasteiger charge is 2.50. The van der Waals surface area contributed by atoms with Crippen molar-refractivity contribution < 1.29 is 19.1 Å². The van der Waals surface area contributed by atoms with Crippen molar-refractivity contribution in [3.8, 4) is 0 Å². The van der Waals surface area contributed by atoms with E-state index in [1.807, 2.05) is 97.1 Å². The van der Waals surface area contributed by atoms with E-state index < -0.39 is 23.6 Å². The average Bonchev–Trinajstić information content (AvgIpc) is 2.96. The fraction of sp³-hybridized carbons (Fsp3) is 0.161. The molecule has 2 N–H and O–H groups in total. The predicted octanol–water partition coefficient (Wildman–Crippen LogP) is 7.34. The number of hydrogen-bond acceptors (Lipinski definition) is 5. The lowest BCUT2D eigenvalue weighted by Crippen LogP contribution is -2.62. The summed E-state index contributed by atoms with van der Waals surface area (Å²) < 4.78 is 11.8. The second-order valence-corrected chi connectivity index (χ2v) is 10.3. The monoisotopic (exact) mass is 606 g/mol. The maximum atomic E-state index is 13.8. The van der Waals surface area contributed by atoms with Gasteiger partial charge in [0.15, 0.2) is 5.54 Å². The summed E-state index contributed by atoms with van der Waals surface area (Å²) in [7, 11) is 1.31. The molecular formula is C31H28BrClN2O4. The maximum Gasteiger partial charge on any atom is 0.408 e. The van der Waals surface area contributed by atoms with E-state index in [1.54, 1.807) is 12.1 Å². The van der Waals surface area contributed by atoms with Gasteiger partial charge in [-0.15, -0.1) is 0 Å². The first kappa shape index (κ1) is 28.2. The first-order chi connectivity index (χ1) is 18.9. The number of hydrogen-bond donors (Lipinski definition) is 2. The Morgan fingerprint density at radius 1 is 0.846 bits per heavy atom. The Balaban J connectivity index is 1.79. The largest absolute Gasteiger partial charge is 0.467 e. The van der Waals surface area contributed by atoms with E-state index in [1.165, 1.54) is 7.11 Å². The van der Waals surface area contributed by atoms with Crippen LogP contribution in [0.5, 0.6) is 0 Å². The molecule has 0 heterocycles. The van der Waals surface area contributed by atoms with E-state index in [-0.39, 0.29) is 13.0 Å². The summed E-state index contributed by atoms with van der Waals surface area (Å²) in [6.45, 7) is 0.0445. The van der Waals surface area contributed by atoms with Crippen LogP contribution in [-0.4, -0.2) is 24.7 Å². The van der Waals surface area contributed by atoms with Crippen LogP contribution in [0.4, 0.5) is 10.5 Å². The maximum absolute atomic E-state index is 13.8. The van der Waals surface area contributed by atoms with E-state index in [0.717, 1.165) is 21.2 Å². The number of alkyl carbamates (subject to hydrolysis) is 1. The summed E-state index contributed by atoms with van der Waals surface area (Å²) >= 11 is 9.61. The molecule has 0 aliphatic rings. The second-order valence-electron chi connectivity index (χ2n) is 8.95. The van der Waals surface area contributed by atoms with E-state index in [9.17, 15) is 9.59 Å². The molecule has 2 unspecified atom stereocenters. The fourth-order valence-corrected chi connectivity index (χ4v) is 4.75. The van der Waals surface area contributed by atoms with Crippen molar-refractivity contribution in [1.29, 1.82) is 0 Å². The quantitative estimate of drug-likeness (QED) is 0.185. The lowest BCUT2D eigenvalue weighted by Gasteiger charge is -2.40. The van der Waals surface area contributed by atoms with Gasteiger partial charge in [0.25, 0.3) is 0 Å². The SMILES string of the molecule is COC(=O)C(Cc1ccccc1)(NC(=O)OCc1ccccc1)C(Nc1ccc(Cl)cc1)c1ccc(Br)cc1. The molecule has 0 aliphatic carbocycles. The van der Waals surface area contributed by atoms with Gasteiger partial charge in [0.1, 0.15) is 6.61 Å². The molecule has 0 aromatic heterocycles. The van der Waals surface area contributed by atoms with Crippen LogP contribution in [0.15, 0.2) is 114 Å². The number of carbonyl (C=O) groups is 2. The third-order valence-electron chi connectivity index (χ3n) is 6.26. The molecule has 0 saturated heterocycles. The highest BCUT2D eigenvalue weighted by molar-refractivity contribution is 9.10. The van der Waals surface area contributed by atoms with E-state index in [4.69, 9.17) is 21.1 Å². The van der Waals surface area contributed by atoms with Crippen molar-refractivity contribution in [2.24, 2.45) is 0 Å². The number of halogens is 2. The van der Waals surface area contributed by atoms with E-state index in [2.05, 4.69) is 26.6 Å². The molecule has 4 aromatic carbocycles. The fourth-order valence-electron chi connectivity index (χ4n) is 4.36. The first-order valence-corrected chi connectivity index (χ1v) is 13.5. The molecule has 200 valence electrons. The van der Waals surface area contributed by atoms with Crippen molar-refractivity contribution in [1.82, 2.24) is 5.32 Å². The van der Waals surface area contributed by atoms with Gasteiger partial charge in [-0.1, -0.05) is 100 Å². The zero-order valence-electron chi connectivity index (χ0n) is 21.3. The molecule has 0 aliphatic heterocycles. The number of anilines is 1. The van der Waals surface area contributed by atoms with Crippen LogP contribution in [0, 0.1) is 0 Å². The Labute approximate surface area is 241 Å². The molecule has 0 saturated carbocycles. The van der Waals surface area contributed by atoms with Gasteiger partial charge in [0.2, 0.25) is 0 Å². The number of benzene rings is 4. The number of nitrogens with one attached hydrogen (secondary N) is 2. The molecular weight excluding hydrogens is 580 g/mol. The Hall–Kier alpha value is -3.81. The van der Waals surface area contributed by atoms with Crippen LogP contribution >= 0.6 is 27.5 Å². The van der Waals surface area contributed by atoms with Crippen LogP contribution in [-0.2, 0) is 27.3 Å². The van der Waals surface area contributed by atoms with Crippen LogP contribution in [0.2, 0.25) is 5.02 Å². The Bertz CT molecular complexity index is 1370. The highest BCUT2D eigenvalue weighted by Crippen LogP contribution is 2.35. The van der Waals surface area contributed by atoms with E-state index in [0.29, 0.717) is 10.7 Å². The minimum Gasteiger partial charge on any atom is -0.467 e. The zero-order chi connectivity index (χ0) is 27.7. The highest BCUT2D eigenvalue weighted by atomic mass is 79.9. The van der Waals surface area contributed by atoms with Gasteiger partial charge in [0, 0.05) is 21.6 Å². The van der Waals surface area contributed by atoms with Crippen LogP contribution < -0.4 is 10.6 Å². The molecule has 6 nitrogen and oxygen atoms in total.